The van der Waals surface area contributed by atoms with Gasteiger partial charge in [0, 0.05) is 37.4 Å². The average molecular weight is 340 g/mol. The van der Waals surface area contributed by atoms with Crippen molar-refractivity contribution < 1.29 is 0 Å². The fourth-order valence-corrected chi connectivity index (χ4v) is 3.13. The Kier molecular flexibility index (Phi) is 4.85. The summed E-state index contributed by atoms with van der Waals surface area (Å²) in [5, 5.41) is 0. The molecule has 1 fully saturated rings. The van der Waals surface area contributed by atoms with Crippen LogP contribution in [0, 0.1) is 0 Å². The van der Waals surface area contributed by atoms with Gasteiger partial charge in [0.05, 0.1) is 6.33 Å². The molecule has 3 aromatic rings. The molecule has 0 spiro atoms. The predicted octanol–water partition coefficient (Wildman–Crippen LogP) is 2.09. The minimum atomic E-state index is -0.202. The minimum Gasteiger partial charge on any atom is -0.369 e. The molecule has 0 radical (unpaired) electrons. The summed E-state index contributed by atoms with van der Waals surface area (Å²) in [7, 11) is 0. The number of H-pyrrole nitrogens is 2. The zero-order valence-corrected chi connectivity index (χ0v) is 13.6. The summed E-state index contributed by atoms with van der Waals surface area (Å²) in [6.07, 6.45) is 1.48. The lowest BCUT2D eigenvalue weighted by Gasteiger charge is -2.35. The van der Waals surface area contributed by atoms with Crippen LogP contribution in [-0.4, -0.2) is 57.6 Å². The van der Waals surface area contributed by atoms with E-state index >= 15 is 0 Å². The Morgan fingerprint density at radius 3 is 2.52 bits per heavy atom. The molecule has 1 aromatic carbocycles. The average Bonchev–Trinajstić information content (AvgIpc) is 3.11. The van der Waals surface area contributed by atoms with E-state index in [2.05, 4.69) is 48.8 Å². The quantitative estimate of drug-likeness (QED) is 0.763. The number of hydrogen-bond donors (Lipinski definition) is 2. The Hall–Kier alpha value is -2.67. The third-order valence-corrected chi connectivity index (χ3v) is 4.62. The predicted molar refractivity (Wildman–Crippen MR) is 101 cm³/mol. The maximum absolute atomic E-state index is 12.0. The van der Waals surface area contributed by atoms with Crippen LogP contribution in [0.2, 0.25) is 0 Å². The van der Waals surface area contributed by atoms with Crippen molar-refractivity contribution in [2.45, 2.75) is 14.4 Å². The topological polar surface area (TPSA) is 80.9 Å². The van der Waals surface area contributed by atoms with E-state index in [1.807, 2.05) is 12.1 Å². The zero-order valence-electron chi connectivity index (χ0n) is 13.6. The maximum Gasteiger partial charge on any atom is 0.277 e. The smallest absolute Gasteiger partial charge is 0.277 e. The van der Waals surface area contributed by atoms with Crippen molar-refractivity contribution in [1.82, 2.24) is 24.8 Å². The highest BCUT2D eigenvalue weighted by Crippen LogP contribution is 2.21. The molecule has 0 bridgehead atoms. The molecule has 132 valence electrons. The number of rotatable bonds is 3. The fraction of sp³-hybridized carbons (Fsp3) is 0.389. The summed E-state index contributed by atoms with van der Waals surface area (Å²) in [6.45, 7) is 7.60. The van der Waals surface area contributed by atoms with Gasteiger partial charge in [-0.3, -0.25) is 4.79 Å². The number of piperazine rings is 1. The molecular formula is C18H24N6O. The van der Waals surface area contributed by atoms with Gasteiger partial charge in [-0.1, -0.05) is 14.4 Å². The largest absolute Gasteiger partial charge is 0.369 e. The normalized spacial score (nSPS) is 15.3. The summed E-state index contributed by atoms with van der Waals surface area (Å²) >= 11 is 0. The number of likely N-dealkylation sites (N-methyl/N-ethyl adjacent to an activating group) is 1. The van der Waals surface area contributed by atoms with Crippen molar-refractivity contribution in [3.63, 3.8) is 0 Å². The van der Waals surface area contributed by atoms with Gasteiger partial charge in [-0.25, -0.2) is 9.97 Å². The third kappa shape index (κ3) is 3.28. The first-order chi connectivity index (χ1) is 11.7. The standard InChI is InChI=1S/C17H20N6O.CH4/c1-2-22-7-9-23(10-8-22)13-5-3-12(4-6-13)15-20-16-14(17(24)21-15)18-11-19-16;/h3-6,11H,2,7-10H2,1H3,(H2,18,19,20,21,24);1H4. The number of nitrogens with zero attached hydrogens (tertiary/aromatic N) is 4. The molecule has 0 aliphatic carbocycles. The van der Waals surface area contributed by atoms with Crippen LogP contribution in [0.3, 0.4) is 0 Å². The highest BCUT2D eigenvalue weighted by atomic mass is 16.1. The van der Waals surface area contributed by atoms with Crippen molar-refractivity contribution in [3.05, 3.63) is 40.9 Å². The van der Waals surface area contributed by atoms with Gasteiger partial charge < -0.3 is 19.8 Å². The van der Waals surface area contributed by atoms with Crippen LogP contribution in [0.15, 0.2) is 35.4 Å². The number of anilines is 1. The van der Waals surface area contributed by atoms with E-state index in [0.29, 0.717) is 17.0 Å². The number of nitrogens with one attached hydrogen (secondary N) is 2. The molecule has 1 saturated heterocycles. The van der Waals surface area contributed by atoms with Crippen LogP contribution in [0.5, 0.6) is 0 Å². The van der Waals surface area contributed by atoms with Crippen molar-refractivity contribution in [1.29, 1.82) is 0 Å². The molecule has 25 heavy (non-hydrogen) atoms. The lowest BCUT2D eigenvalue weighted by molar-refractivity contribution is 0.271. The number of aromatic amines is 2. The van der Waals surface area contributed by atoms with E-state index in [0.717, 1.165) is 38.3 Å². The highest BCUT2D eigenvalue weighted by molar-refractivity contribution is 5.72. The second-order valence-electron chi connectivity index (χ2n) is 5.98. The summed E-state index contributed by atoms with van der Waals surface area (Å²) in [5.74, 6) is 0.543. The molecule has 0 saturated carbocycles. The van der Waals surface area contributed by atoms with Gasteiger partial charge in [0.15, 0.2) is 11.2 Å². The molecule has 3 heterocycles. The van der Waals surface area contributed by atoms with Crippen LogP contribution in [0.25, 0.3) is 22.6 Å². The van der Waals surface area contributed by atoms with E-state index in [9.17, 15) is 4.79 Å². The first-order valence-corrected chi connectivity index (χ1v) is 8.26. The van der Waals surface area contributed by atoms with Gasteiger partial charge in [-0.2, -0.15) is 0 Å². The Balaban J connectivity index is 0.00000182. The first kappa shape index (κ1) is 17.2. The van der Waals surface area contributed by atoms with Crippen LogP contribution >= 0.6 is 0 Å². The van der Waals surface area contributed by atoms with Crippen molar-refractivity contribution >= 4 is 16.9 Å². The number of imidazole rings is 1. The highest BCUT2D eigenvalue weighted by Gasteiger charge is 2.16. The molecule has 1 aliphatic rings. The van der Waals surface area contributed by atoms with E-state index < -0.39 is 0 Å². The van der Waals surface area contributed by atoms with Crippen LogP contribution in [0.4, 0.5) is 5.69 Å². The molecule has 7 heteroatoms. The Labute approximate surface area is 146 Å². The summed E-state index contributed by atoms with van der Waals surface area (Å²) < 4.78 is 0. The van der Waals surface area contributed by atoms with Gasteiger partial charge in [0.2, 0.25) is 0 Å². The first-order valence-electron chi connectivity index (χ1n) is 8.26. The molecule has 2 N–H and O–H groups in total. The molecular weight excluding hydrogens is 316 g/mol. The van der Waals surface area contributed by atoms with Gasteiger partial charge in [-0.15, -0.1) is 0 Å². The van der Waals surface area contributed by atoms with Crippen LogP contribution < -0.4 is 10.5 Å². The minimum absolute atomic E-state index is 0. The summed E-state index contributed by atoms with van der Waals surface area (Å²) in [6, 6.07) is 8.17. The lowest BCUT2D eigenvalue weighted by atomic mass is 10.1. The third-order valence-electron chi connectivity index (χ3n) is 4.62. The van der Waals surface area contributed by atoms with Crippen molar-refractivity contribution in [3.8, 4) is 11.4 Å². The van der Waals surface area contributed by atoms with Gasteiger partial charge in [-0.05, 0) is 30.8 Å². The monoisotopic (exact) mass is 340 g/mol. The summed E-state index contributed by atoms with van der Waals surface area (Å²) in [4.78, 5) is 31.0. The van der Waals surface area contributed by atoms with Gasteiger partial charge in [0.25, 0.3) is 5.56 Å². The second-order valence-corrected chi connectivity index (χ2v) is 5.98. The number of aromatic nitrogens is 4. The van der Waals surface area contributed by atoms with Crippen molar-refractivity contribution in [2.75, 3.05) is 37.6 Å². The number of hydrogen-bond acceptors (Lipinski definition) is 5. The number of fused-ring (bicyclic) bond motifs is 1. The summed E-state index contributed by atoms with van der Waals surface area (Å²) in [5.41, 5.74) is 2.73. The van der Waals surface area contributed by atoms with E-state index in [4.69, 9.17) is 0 Å². The van der Waals surface area contributed by atoms with E-state index in [1.165, 1.54) is 12.0 Å². The van der Waals surface area contributed by atoms with Crippen molar-refractivity contribution in [2.24, 2.45) is 0 Å². The molecule has 4 rings (SSSR count). The Morgan fingerprint density at radius 2 is 1.84 bits per heavy atom. The zero-order chi connectivity index (χ0) is 16.5. The molecule has 0 unspecified atom stereocenters. The maximum atomic E-state index is 12.0. The Bertz CT molecular complexity index is 890. The Morgan fingerprint density at radius 1 is 1.12 bits per heavy atom. The lowest BCUT2D eigenvalue weighted by Crippen LogP contribution is -2.46. The fourth-order valence-electron chi connectivity index (χ4n) is 3.13. The SMILES string of the molecule is C.CCN1CCN(c2ccc(-c3nc4nc[nH]c4c(=O)[nH]3)cc2)CC1. The van der Waals surface area contributed by atoms with Gasteiger partial charge in [0.1, 0.15) is 5.82 Å². The van der Waals surface area contributed by atoms with E-state index in [1.54, 1.807) is 0 Å². The van der Waals surface area contributed by atoms with Crippen LogP contribution in [0.1, 0.15) is 14.4 Å². The van der Waals surface area contributed by atoms with Crippen LogP contribution in [-0.2, 0) is 0 Å². The van der Waals surface area contributed by atoms with Gasteiger partial charge >= 0.3 is 0 Å². The van der Waals surface area contributed by atoms with E-state index in [-0.39, 0.29) is 13.0 Å². The molecule has 7 nitrogen and oxygen atoms in total. The molecule has 2 aromatic heterocycles. The molecule has 0 atom stereocenters. The second kappa shape index (κ2) is 7.06. The number of benzene rings is 1. The molecule has 1 aliphatic heterocycles. The molecule has 0 amide bonds.